The number of rotatable bonds is 3. The van der Waals surface area contributed by atoms with Crippen molar-refractivity contribution in [2.24, 2.45) is 0 Å². The molecule has 1 aliphatic heterocycles. The van der Waals surface area contributed by atoms with Crippen molar-refractivity contribution >= 4 is 33.8 Å². The van der Waals surface area contributed by atoms with E-state index in [4.69, 9.17) is 14.8 Å². The van der Waals surface area contributed by atoms with Crippen LogP contribution in [0.1, 0.15) is 79.3 Å². The third-order valence-electron chi connectivity index (χ3n) is 6.98. The first-order chi connectivity index (χ1) is 17.4. The maximum atomic E-state index is 10.0. The number of aliphatic hydroxyl groups is 1. The van der Waals surface area contributed by atoms with Crippen LogP contribution in [0.2, 0.25) is 0 Å². The van der Waals surface area contributed by atoms with Gasteiger partial charge < -0.3 is 22.3 Å². The van der Waals surface area contributed by atoms with Gasteiger partial charge in [0.05, 0.1) is 5.76 Å². The van der Waals surface area contributed by atoms with Crippen molar-refractivity contribution in [2.45, 2.75) is 58.4 Å². The van der Waals surface area contributed by atoms with Gasteiger partial charge in [0.2, 0.25) is 0 Å². The number of furan rings is 1. The molecule has 198 valence electrons. The molecule has 1 unspecified atom stereocenters. The molecule has 5 heteroatoms. The molecule has 0 spiro atoms. The van der Waals surface area contributed by atoms with E-state index in [-0.39, 0.29) is 45.1 Å². The molecule has 0 saturated heterocycles. The number of aliphatic hydroxyl groups excluding tert-OH is 1. The number of carbonyl (C=O) groups is 1. The summed E-state index contributed by atoms with van der Waals surface area (Å²) in [5.41, 5.74) is 8.00. The molecule has 4 aromatic rings. The van der Waals surface area contributed by atoms with Crippen LogP contribution in [0.5, 0.6) is 0 Å². The first kappa shape index (κ1) is 29.4. The number of fused-ring (bicyclic) bond motifs is 4. The molecule has 1 fully saturated rings. The van der Waals surface area contributed by atoms with Crippen molar-refractivity contribution in [2.75, 3.05) is 0 Å². The molecular formula is C33H34IrNO3. The second-order valence-electron chi connectivity index (χ2n) is 9.84. The fraction of sp³-hybridized carbons (Fsp3) is 0.273. The molecular weight excluding hydrogens is 651 g/mol. The van der Waals surface area contributed by atoms with E-state index in [9.17, 15) is 4.79 Å². The van der Waals surface area contributed by atoms with Crippen LogP contribution in [0.3, 0.4) is 0 Å². The van der Waals surface area contributed by atoms with Gasteiger partial charge >= 0.3 is 20.1 Å². The molecule has 1 N–H and O–H groups in total. The van der Waals surface area contributed by atoms with Crippen LogP contribution in [-0.4, -0.2) is 10.9 Å². The zero-order valence-electron chi connectivity index (χ0n) is 22.4. The molecule has 0 radical (unpaired) electrons. The number of nitrogens with zero attached hydrogens (tertiary/aromatic N) is 1. The SMILES string of the molecule is CC(=O)/C=C(/C)O.Cc1[c-]c(C2[N-]C=Cc3cc(C4CCCC4)ccc32)c2oc3ccccc3c2c1.[CH3-].[Ir+3]. The van der Waals surface area contributed by atoms with Gasteiger partial charge in [0, 0.05) is 17.0 Å². The van der Waals surface area contributed by atoms with Gasteiger partial charge in [0.25, 0.3) is 0 Å². The molecule has 2 aliphatic rings. The molecule has 1 aliphatic carbocycles. The summed E-state index contributed by atoms with van der Waals surface area (Å²) in [5, 5.41) is 15.5. The topological polar surface area (TPSA) is 64.5 Å². The van der Waals surface area contributed by atoms with E-state index in [2.05, 4.69) is 55.5 Å². The quantitative estimate of drug-likeness (QED) is 0.133. The third-order valence-corrected chi connectivity index (χ3v) is 6.98. The summed E-state index contributed by atoms with van der Waals surface area (Å²) < 4.78 is 6.30. The van der Waals surface area contributed by atoms with Crippen LogP contribution in [0.15, 0.2) is 71.0 Å². The van der Waals surface area contributed by atoms with Crippen LogP contribution in [0, 0.1) is 20.4 Å². The Labute approximate surface area is 239 Å². The van der Waals surface area contributed by atoms with E-state index in [0.717, 1.165) is 39.0 Å². The van der Waals surface area contributed by atoms with Gasteiger partial charge in [0.1, 0.15) is 5.58 Å². The maximum Gasteiger partial charge on any atom is 3.00 e. The minimum atomic E-state index is -0.125. The number of allylic oxidation sites excluding steroid dienone is 2. The fourth-order valence-electron chi connectivity index (χ4n) is 5.44. The van der Waals surface area contributed by atoms with Crippen LogP contribution in [0.25, 0.3) is 33.3 Å². The van der Waals surface area contributed by atoms with Gasteiger partial charge in [-0.25, -0.2) is 0 Å². The second kappa shape index (κ2) is 12.6. The summed E-state index contributed by atoms with van der Waals surface area (Å²) >= 11 is 0. The predicted octanol–water partition coefficient (Wildman–Crippen LogP) is 9.28. The van der Waals surface area contributed by atoms with E-state index < -0.39 is 0 Å². The Hall–Kier alpha value is -3.14. The average molecular weight is 685 g/mol. The maximum absolute atomic E-state index is 10.0. The first-order valence-electron chi connectivity index (χ1n) is 12.6. The summed E-state index contributed by atoms with van der Waals surface area (Å²) in [7, 11) is 0. The Morgan fingerprint density at radius 2 is 1.82 bits per heavy atom. The van der Waals surface area contributed by atoms with Crippen molar-refractivity contribution < 1.29 is 34.4 Å². The molecule has 0 bridgehead atoms. The molecule has 1 atom stereocenters. The molecule has 0 amide bonds. The van der Waals surface area contributed by atoms with Crippen molar-refractivity contribution in [1.29, 1.82) is 0 Å². The van der Waals surface area contributed by atoms with Crippen LogP contribution < -0.4 is 0 Å². The Kier molecular flexibility index (Phi) is 9.76. The monoisotopic (exact) mass is 685 g/mol. The van der Waals surface area contributed by atoms with E-state index in [1.807, 2.05) is 18.3 Å². The second-order valence-corrected chi connectivity index (χ2v) is 9.84. The molecule has 3 aromatic carbocycles. The van der Waals surface area contributed by atoms with Gasteiger partial charge in [-0.1, -0.05) is 79.2 Å². The largest absolute Gasteiger partial charge is 3.00 e. The Balaban J connectivity index is 0.000000397. The van der Waals surface area contributed by atoms with E-state index in [1.165, 1.54) is 62.3 Å². The molecule has 2 heterocycles. The van der Waals surface area contributed by atoms with Crippen LogP contribution in [-0.2, 0) is 24.9 Å². The first-order valence-corrected chi connectivity index (χ1v) is 12.6. The van der Waals surface area contributed by atoms with Gasteiger partial charge in [0.15, 0.2) is 5.78 Å². The smallest absolute Gasteiger partial charge is 0.682 e. The van der Waals surface area contributed by atoms with Crippen LogP contribution >= 0.6 is 0 Å². The number of ketones is 1. The molecule has 4 nitrogen and oxygen atoms in total. The Bertz CT molecular complexity index is 1490. The zero-order chi connectivity index (χ0) is 25.2. The number of hydrogen-bond donors (Lipinski definition) is 1. The molecule has 38 heavy (non-hydrogen) atoms. The number of para-hydroxylation sites is 1. The van der Waals surface area contributed by atoms with E-state index in [1.54, 1.807) is 0 Å². The summed E-state index contributed by atoms with van der Waals surface area (Å²) in [4.78, 5) is 10.0. The number of aryl methyl sites for hydroxylation is 1. The number of hydrogen-bond acceptors (Lipinski definition) is 3. The standard InChI is InChI=1S/C27H23NO.C5H8O2.CH3.Ir/c1-17-14-23-22-8-4-5-9-25(22)29-27(23)24(15-17)26-21-11-10-19(18-6-2-3-7-18)16-20(21)12-13-28-26;1-4(6)3-5(2)7;;/h4-5,8-14,16,18,26H,2-3,6-7H2,1H3;3,6H,1-2H3;1H3;/q-2;;-1;+3/b;4-3-;;. The fourth-order valence-corrected chi connectivity index (χ4v) is 5.44. The van der Waals surface area contributed by atoms with Gasteiger partial charge in [-0.2, -0.15) is 23.9 Å². The summed E-state index contributed by atoms with van der Waals surface area (Å²) in [6.45, 7) is 4.95. The molecule has 1 aromatic heterocycles. The zero-order valence-corrected chi connectivity index (χ0v) is 24.8. The summed E-state index contributed by atoms with van der Waals surface area (Å²) in [5.74, 6) is 0.658. The normalized spacial score (nSPS) is 16.6. The van der Waals surface area contributed by atoms with Gasteiger partial charge in [-0.15, -0.1) is 5.56 Å². The van der Waals surface area contributed by atoms with Crippen molar-refractivity contribution in [1.82, 2.24) is 0 Å². The van der Waals surface area contributed by atoms with Crippen molar-refractivity contribution in [3.8, 4) is 0 Å². The molecule has 1 saturated carbocycles. The van der Waals surface area contributed by atoms with Crippen molar-refractivity contribution in [3.63, 3.8) is 0 Å². The van der Waals surface area contributed by atoms with Gasteiger partial charge in [-0.3, -0.25) is 4.79 Å². The minimum Gasteiger partial charge on any atom is -0.682 e. The van der Waals surface area contributed by atoms with E-state index >= 15 is 0 Å². The number of carbonyl (C=O) groups excluding carboxylic acids is 1. The predicted molar refractivity (Wildman–Crippen MR) is 153 cm³/mol. The Morgan fingerprint density at radius 1 is 1.08 bits per heavy atom. The molecule has 6 rings (SSSR count). The third kappa shape index (κ3) is 6.11. The summed E-state index contributed by atoms with van der Waals surface area (Å²) in [6, 6.07) is 20.9. The number of benzene rings is 3. The average Bonchev–Trinajstić information content (AvgIpc) is 3.51. The minimum absolute atomic E-state index is 0. The van der Waals surface area contributed by atoms with E-state index in [0.29, 0.717) is 0 Å². The van der Waals surface area contributed by atoms with Crippen LogP contribution in [0.4, 0.5) is 0 Å². The summed E-state index contributed by atoms with van der Waals surface area (Å²) in [6.07, 6.45) is 10.6. The van der Waals surface area contributed by atoms with Gasteiger partial charge in [-0.05, 0) is 49.8 Å². The Morgan fingerprint density at radius 3 is 2.50 bits per heavy atom. The van der Waals surface area contributed by atoms with Crippen molar-refractivity contribution in [3.05, 3.63) is 113 Å².